The predicted molar refractivity (Wildman–Crippen MR) is 90.0 cm³/mol. The lowest BCUT2D eigenvalue weighted by molar-refractivity contribution is -0.122. The maximum absolute atomic E-state index is 12.1. The van der Waals surface area contributed by atoms with Crippen molar-refractivity contribution in [2.75, 3.05) is 18.5 Å². The molecule has 2 aromatic carbocycles. The van der Waals surface area contributed by atoms with E-state index < -0.39 is 0 Å². The van der Waals surface area contributed by atoms with Crippen LogP contribution in [0.2, 0.25) is 5.02 Å². The van der Waals surface area contributed by atoms with Crippen LogP contribution in [-0.2, 0) is 4.79 Å². The van der Waals surface area contributed by atoms with Gasteiger partial charge < -0.3 is 15.4 Å². The van der Waals surface area contributed by atoms with Crippen LogP contribution in [0, 0.1) is 0 Å². The largest absolute Gasteiger partial charge is 0.484 e. The second-order valence-corrected chi connectivity index (χ2v) is 5.11. The Labute approximate surface area is 139 Å². The number of ether oxygens (including phenoxy) is 1. The second kappa shape index (κ2) is 8.19. The number of rotatable bonds is 6. The molecule has 23 heavy (non-hydrogen) atoms. The molecule has 6 heteroatoms. The van der Waals surface area contributed by atoms with Gasteiger partial charge in [-0.1, -0.05) is 23.7 Å². The van der Waals surface area contributed by atoms with Crippen molar-refractivity contribution in [3.63, 3.8) is 0 Å². The summed E-state index contributed by atoms with van der Waals surface area (Å²) in [5.41, 5.74) is 1.02. The topological polar surface area (TPSA) is 67.4 Å². The number of hydrogen-bond acceptors (Lipinski definition) is 3. The van der Waals surface area contributed by atoms with Gasteiger partial charge in [-0.05, 0) is 43.3 Å². The first kappa shape index (κ1) is 16.8. The van der Waals surface area contributed by atoms with Gasteiger partial charge in [0.05, 0.1) is 10.6 Å². The van der Waals surface area contributed by atoms with Gasteiger partial charge in [-0.25, -0.2) is 0 Å². The molecule has 5 nitrogen and oxygen atoms in total. The summed E-state index contributed by atoms with van der Waals surface area (Å²) in [5.74, 6) is 0.0854. The highest BCUT2D eigenvalue weighted by Gasteiger charge is 2.09. The van der Waals surface area contributed by atoms with Crippen LogP contribution in [-0.4, -0.2) is 25.0 Å². The van der Waals surface area contributed by atoms with Crippen LogP contribution in [0.15, 0.2) is 48.5 Å². The third kappa shape index (κ3) is 5.00. The first-order valence-electron chi connectivity index (χ1n) is 7.15. The van der Waals surface area contributed by atoms with E-state index >= 15 is 0 Å². The number of amides is 2. The SMILES string of the molecule is CCNC(=O)COc1ccc(NC(=O)c2ccccc2Cl)cc1. The quantitative estimate of drug-likeness (QED) is 0.854. The molecule has 0 spiro atoms. The van der Waals surface area contributed by atoms with Crippen molar-refractivity contribution < 1.29 is 14.3 Å². The number of carbonyl (C=O) groups excluding carboxylic acids is 2. The van der Waals surface area contributed by atoms with Gasteiger partial charge in [-0.2, -0.15) is 0 Å². The monoisotopic (exact) mass is 332 g/mol. The maximum atomic E-state index is 12.1. The van der Waals surface area contributed by atoms with Gasteiger partial charge in [-0.15, -0.1) is 0 Å². The molecule has 0 aliphatic rings. The Balaban J connectivity index is 1.93. The summed E-state index contributed by atoms with van der Waals surface area (Å²) in [6.07, 6.45) is 0. The minimum Gasteiger partial charge on any atom is -0.484 e. The van der Waals surface area contributed by atoms with E-state index in [1.54, 1.807) is 48.5 Å². The molecule has 0 heterocycles. The standard InChI is InChI=1S/C17H17ClN2O3/c1-2-19-16(21)11-23-13-9-7-12(8-10-13)20-17(22)14-5-3-4-6-15(14)18/h3-10H,2,11H2,1H3,(H,19,21)(H,20,22). The van der Waals surface area contributed by atoms with Crippen LogP contribution in [0.1, 0.15) is 17.3 Å². The highest BCUT2D eigenvalue weighted by Crippen LogP contribution is 2.19. The van der Waals surface area contributed by atoms with Crippen LogP contribution < -0.4 is 15.4 Å². The molecule has 0 bridgehead atoms. The highest BCUT2D eigenvalue weighted by atomic mass is 35.5. The number of anilines is 1. The van der Waals surface area contributed by atoms with Crippen LogP contribution in [0.25, 0.3) is 0 Å². The Morgan fingerprint density at radius 2 is 1.78 bits per heavy atom. The zero-order chi connectivity index (χ0) is 16.7. The highest BCUT2D eigenvalue weighted by molar-refractivity contribution is 6.34. The molecular weight excluding hydrogens is 316 g/mol. The average Bonchev–Trinajstić information content (AvgIpc) is 2.55. The third-order valence-electron chi connectivity index (χ3n) is 2.97. The Morgan fingerprint density at radius 3 is 2.43 bits per heavy atom. The van der Waals surface area contributed by atoms with Crippen molar-refractivity contribution in [1.82, 2.24) is 5.32 Å². The molecule has 0 unspecified atom stereocenters. The molecule has 2 rings (SSSR count). The van der Waals surface area contributed by atoms with Crippen molar-refractivity contribution in [1.29, 1.82) is 0 Å². The van der Waals surface area contributed by atoms with Crippen LogP contribution in [0.3, 0.4) is 0 Å². The van der Waals surface area contributed by atoms with Crippen LogP contribution in [0.5, 0.6) is 5.75 Å². The minimum absolute atomic E-state index is 0.0425. The summed E-state index contributed by atoms with van der Waals surface area (Å²) in [4.78, 5) is 23.4. The third-order valence-corrected chi connectivity index (χ3v) is 3.30. The lowest BCUT2D eigenvalue weighted by Crippen LogP contribution is -2.28. The molecule has 0 fully saturated rings. The molecule has 0 aromatic heterocycles. The summed E-state index contributed by atoms with van der Waals surface area (Å²) < 4.78 is 5.34. The number of halogens is 1. The predicted octanol–water partition coefficient (Wildman–Crippen LogP) is 3.11. The molecule has 0 aliphatic heterocycles. The van der Waals surface area contributed by atoms with Gasteiger partial charge in [0.2, 0.25) is 0 Å². The lowest BCUT2D eigenvalue weighted by Gasteiger charge is -2.09. The van der Waals surface area contributed by atoms with Gasteiger partial charge in [0.25, 0.3) is 11.8 Å². The Bertz CT molecular complexity index is 686. The fourth-order valence-electron chi connectivity index (χ4n) is 1.88. The molecule has 0 saturated carbocycles. The average molecular weight is 333 g/mol. The molecule has 0 aliphatic carbocycles. The van der Waals surface area contributed by atoms with Crippen LogP contribution >= 0.6 is 11.6 Å². The molecule has 120 valence electrons. The Hall–Kier alpha value is -2.53. The molecule has 0 radical (unpaired) electrons. The number of nitrogens with one attached hydrogen (secondary N) is 2. The minimum atomic E-state index is -0.286. The van der Waals surface area contributed by atoms with Gasteiger partial charge >= 0.3 is 0 Å². The van der Waals surface area contributed by atoms with Gasteiger partial charge in [0.15, 0.2) is 6.61 Å². The van der Waals surface area contributed by atoms with E-state index in [0.29, 0.717) is 28.6 Å². The van der Waals surface area contributed by atoms with E-state index in [0.717, 1.165) is 0 Å². The van der Waals surface area contributed by atoms with Crippen molar-refractivity contribution in [2.45, 2.75) is 6.92 Å². The van der Waals surface area contributed by atoms with E-state index in [2.05, 4.69) is 10.6 Å². The van der Waals surface area contributed by atoms with Gasteiger partial charge in [-0.3, -0.25) is 9.59 Å². The molecular formula is C17H17ClN2O3. The summed E-state index contributed by atoms with van der Waals surface area (Å²) >= 11 is 5.99. The summed E-state index contributed by atoms with van der Waals surface area (Å²) in [7, 11) is 0. The van der Waals surface area contributed by atoms with Crippen molar-refractivity contribution in [2.24, 2.45) is 0 Å². The van der Waals surface area contributed by atoms with E-state index in [4.69, 9.17) is 16.3 Å². The molecule has 2 amide bonds. The Kier molecular flexibility index (Phi) is 6.00. The van der Waals surface area contributed by atoms with E-state index in [1.165, 1.54) is 0 Å². The number of carbonyl (C=O) groups is 2. The van der Waals surface area contributed by atoms with Crippen molar-refractivity contribution >= 4 is 29.1 Å². The summed E-state index contributed by atoms with van der Waals surface area (Å²) in [6.45, 7) is 2.36. The van der Waals surface area contributed by atoms with Crippen molar-refractivity contribution in [3.8, 4) is 5.75 Å². The molecule has 0 saturated heterocycles. The molecule has 2 aromatic rings. The first-order valence-corrected chi connectivity index (χ1v) is 7.53. The lowest BCUT2D eigenvalue weighted by atomic mass is 10.2. The zero-order valence-electron chi connectivity index (χ0n) is 12.6. The first-order chi connectivity index (χ1) is 11.1. The summed E-state index contributed by atoms with van der Waals surface area (Å²) in [5, 5.41) is 5.79. The maximum Gasteiger partial charge on any atom is 0.257 e. The zero-order valence-corrected chi connectivity index (χ0v) is 13.4. The fourth-order valence-corrected chi connectivity index (χ4v) is 2.10. The molecule has 2 N–H and O–H groups in total. The number of hydrogen-bond donors (Lipinski definition) is 2. The Morgan fingerprint density at radius 1 is 1.09 bits per heavy atom. The van der Waals surface area contributed by atoms with Gasteiger partial charge in [0.1, 0.15) is 5.75 Å². The van der Waals surface area contributed by atoms with E-state index in [-0.39, 0.29) is 18.4 Å². The fraction of sp³-hybridized carbons (Fsp3) is 0.176. The normalized spacial score (nSPS) is 10.0. The van der Waals surface area contributed by atoms with Crippen LogP contribution in [0.4, 0.5) is 5.69 Å². The molecule has 0 atom stereocenters. The van der Waals surface area contributed by atoms with E-state index in [1.807, 2.05) is 6.92 Å². The van der Waals surface area contributed by atoms with E-state index in [9.17, 15) is 9.59 Å². The number of benzene rings is 2. The summed E-state index contributed by atoms with van der Waals surface area (Å²) in [6, 6.07) is 13.6. The second-order valence-electron chi connectivity index (χ2n) is 4.70. The number of likely N-dealkylation sites (N-methyl/N-ethyl adjacent to an activating group) is 1. The van der Waals surface area contributed by atoms with Crippen molar-refractivity contribution in [3.05, 3.63) is 59.1 Å². The smallest absolute Gasteiger partial charge is 0.257 e. The van der Waals surface area contributed by atoms with Gasteiger partial charge in [0, 0.05) is 12.2 Å².